The zero-order valence-electron chi connectivity index (χ0n) is 14.6. The van der Waals surface area contributed by atoms with Gasteiger partial charge in [0.2, 0.25) is 0 Å². The number of halogens is 4. The number of hydrogen-bond acceptors (Lipinski definition) is 4. The standard InChI is InChI=1S/C18H18ClF3N4O/c1-25-4-6-26(7-5-25)14-8-12(10-23-11-14)17(27)24-16-9-13(18(20,21)22)2-3-15(16)19/h2-3,8-11H,4-7H2,1H3,(H,24,27). The molecule has 0 saturated carbocycles. The third-order valence-electron chi connectivity index (χ3n) is 4.40. The number of nitrogens with zero attached hydrogens (tertiary/aromatic N) is 3. The number of alkyl halides is 3. The molecule has 0 atom stereocenters. The summed E-state index contributed by atoms with van der Waals surface area (Å²) in [5.41, 5.74) is 0.0683. The zero-order valence-corrected chi connectivity index (χ0v) is 15.3. The van der Waals surface area contributed by atoms with Gasteiger partial charge in [0.1, 0.15) is 0 Å². The Bertz CT molecular complexity index is 836. The third kappa shape index (κ3) is 4.70. The lowest BCUT2D eigenvalue weighted by Gasteiger charge is -2.33. The second-order valence-corrected chi connectivity index (χ2v) is 6.78. The number of anilines is 2. The van der Waals surface area contributed by atoms with Gasteiger partial charge < -0.3 is 15.1 Å². The Morgan fingerprint density at radius 2 is 1.85 bits per heavy atom. The highest BCUT2D eigenvalue weighted by molar-refractivity contribution is 6.34. The minimum atomic E-state index is -4.52. The van der Waals surface area contributed by atoms with Gasteiger partial charge in [0.15, 0.2) is 0 Å². The molecule has 1 aromatic heterocycles. The smallest absolute Gasteiger partial charge is 0.368 e. The molecule has 3 rings (SSSR count). The molecule has 2 aromatic rings. The SMILES string of the molecule is CN1CCN(c2cncc(C(=O)Nc3cc(C(F)(F)F)ccc3Cl)c2)CC1. The number of hydrogen-bond donors (Lipinski definition) is 1. The first-order valence-electron chi connectivity index (χ1n) is 8.30. The predicted octanol–water partition coefficient (Wildman–Crippen LogP) is 3.76. The number of carbonyl (C=O) groups is 1. The maximum atomic E-state index is 12.9. The maximum absolute atomic E-state index is 12.9. The van der Waals surface area contributed by atoms with E-state index in [1.165, 1.54) is 6.20 Å². The summed E-state index contributed by atoms with van der Waals surface area (Å²) in [6, 6.07) is 4.47. The number of carbonyl (C=O) groups excluding carboxylic acids is 1. The minimum Gasteiger partial charge on any atom is -0.368 e. The third-order valence-corrected chi connectivity index (χ3v) is 4.73. The lowest BCUT2D eigenvalue weighted by atomic mass is 10.1. The summed E-state index contributed by atoms with van der Waals surface area (Å²) in [5.74, 6) is -0.570. The van der Waals surface area contributed by atoms with Gasteiger partial charge in [0, 0.05) is 32.4 Å². The van der Waals surface area contributed by atoms with Crippen molar-refractivity contribution >= 4 is 28.9 Å². The number of rotatable bonds is 3. The fraction of sp³-hybridized carbons (Fsp3) is 0.333. The summed E-state index contributed by atoms with van der Waals surface area (Å²) in [6.07, 6.45) is -1.48. The van der Waals surface area contributed by atoms with E-state index in [-0.39, 0.29) is 16.3 Å². The first-order chi connectivity index (χ1) is 12.7. The van der Waals surface area contributed by atoms with Crippen molar-refractivity contribution in [3.8, 4) is 0 Å². The Morgan fingerprint density at radius 1 is 1.15 bits per heavy atom. The number of benzene rings is 1. The van der Waals surface area contributed by atoms with Gasteiger partial charge in [-0.25, -0.2) is 0 Å². The Hall–Kier alpha value is -2.32. The molecule has 1 aliphatic heterocycles. The molecule has 0 bridgehead atoms. The Labute approximate surface area is 159 Å². The van der Waals surface area contributed by atoms with Crippen LogP contribution >= 0.6 is 11.6 Å². The lowest BCUT2D eigenvalue weighted by Crippen LogP contribution is -2.44. The van der Waals surface area contributed by atoms with Crippen molar-refractivity contribution in [3.05, 3.63) is 52.8 Å². The van der Waals surface area contributed by atoms with Crippen LogP contribution in [0.15, 0.2) is 36.7 Å². The van der Waals surface area contributed by atoms with Crippen LogP contribution in [0, 0.1) is 0 Å². The Kier molecular flexibility index (Phi) is 5.57. The molecule has 0 radical (unpaired) electrons. The van der Waals surface area contributed by atoms with Crippen LogP contribution in [-0.2, 0) is 6.18 Å². The quantitative estimate of drug-likeness (QED) is 0.855. The highest BCUT2D eigenvalue weighted by Gasteiger charge is 2.31. The summed E-state index contributed by atoms with van der Waals surface area (Å²) >= 11 is 5.93. The Balaban J connectivity index is 1.78. The molecule has 27 heavy (non-hydrogen) atoms. The summed E-state index contributed by atoms with van der Waals surface area (Å²) < 4.78 is 38.6. The fourth-order valence-corrected chi connectivity index (χ4v) is 2.95. The van der Waals surface area contributed by atoms with Gasteiger partial charge in [-0.05, 0) is 31.3 Å². The van der Waals surface area contributed by atoms with Crippen molar-refractivity contribution in [2.75, 3.05) is 43.4 Å². The highest BCUT2D eigenvalue weighted by Crippen LogP contribution is 2.34. The van der Waals surface area contributed by atoms with Crippen molar-refractivity contribution < 1.29 is 18.0 Å². The number of amides is 1. The molecule has 1 N–H and O–H groups in total. The first kappa shape index (κ1) is 19.4. The number of likely N-dealkylation sites (N-methyl/N-ethyl adjacent to an activating group) is 1. The zero-order chi connectivity index (χ0) is 19.6. The van der Waals surface area contributed by atoms with E-state index in [0.29, 0.717) is 0 Å². The molecule has 1 aliphatic rings. The number of nitrogens with one attached hydrogen (secondary N) is 1. The van der Waals surface area contributed by atoms with Crippen molar-refractivity contribution in [2.45, 2.75) is 6.18 Å². The molecule has 2 heterocycles. The molecule has 0 unspecified atom stereocenters. The van der Waals surface area contributed by atoms with Crippen LogP contribution < -0.4 is 10.2 Å². The molecule has 9 heteroatoms. The van der Waals surface area contributed by atoms with Crippen LogP contribution in [0.25, 0.3) is 0 Å². The molecule has 1 saturated heterocycles. The predicted molar refractivity (Wildman–Crippen MR) is 98.4 cm³/mol. The molecular weight excluding hydrogens is 381 g/mol. The van der Waals surface area contributed by atoms with E-state index in [1.54, 1.807) is 12.3 Å². The molecule has 5 nitrogen and oxygen atoms in total. The van der Waals surface area contributed by atoms with E-state index in [2.05, 4.69) is 20.1 Å². The van der Waals surface area contributed by atoms with Gasteiger partial charge in [-0.2, -0.15) is 13.2 Å². The minimum absolute atomic E-state index is 0.0273. The van der Waals surface area contributed by atoms with Gasteiger partial charge in [-0.3, -0.25) is 9.78 Å². The van der Waals surface area contributed by atoms with E-state index in [4.69, 9.17) is 11.6 Å². The van der Waals surface area contributed by atoms with Crippen molar-refractivity contribution in [2.24, 2.45) is 0 Å². The summed E-state index contributed by atoms with van der Waals surface area (Å²) in [5, 5.41) is 2.47. The lowest BCUT2D eigenvalue weighted by molar-refractivity contribution is -0.137. The van der Waals surface area contributed by atoms with Crippen LogP contribution in [0.3, 0.4) is 0 Å². The molecule has 144 valence electrons. The number of piperazine rings is 1. The monoisotopic (exact) mass is 398 g/mol. The van der Waals surface area contributed by atoms with Crippen molar-refractivity contribution in [1.82, 2.24) is 9.88 Å². The van der Waals surface area contributed by atoms with Gasteiger partial charge in [-0.15, -0.1) is 0 Å². The van der Waals surface area contributed by atoms with E-state index in [9.17, 15) is 18.0 Å². The van der Waals surface area contributed by atoms with Crippen LogP contribution in [-0.4, -0.2) is 49.0 Å². The second kappa shape index (κ2) is 7.74. The van der Waals surface area contributed by atoms with Crippen molar-refractivity contribution in [3.63, 3.8) is 0 Å². The maximum Gasteiger partial charge on any atom is 0.416 e. The van der Waals surface area contributed by atoms with Crippen LogP contribution in [0.4, 0.5) is 24.5 Å². The molecular formula is C18H18ClF3N4O. The molecule has 1 amide bonds. The summed E-state index contributed by atoms with van der Waals surface area (Å²) in [7, 11) is 2.04. The van der Waals surface area contributed by atoms with Crippen molar-refractivity contribution in [1.29, 1.82) is 0 Å². The average molecular weight is 399 g/mol. The summed E-state index contributed by atoms with van der Waals surface area (Å²) in [4.78, 5) is 20.9. The molecule has 0 spiro atoms. The second-order valence-electron chi connectivity index (χ2n) is 6.37. The molecule has 1 fully saturated rings. The fourth-order valence-electron chi connectivity index (χ4n) is 2.78. The van der Waals surface area contributed by atoms with E-state index < -0.39 is 17.6 Å². The largest absolute Gasteiger partial charge is 0.416 e. The van der Waals surface area contributed by atoms with Crippen LogP contribution in [0.2, 0.25) is 5.02 Å². The van der Waals surface area contributed by atoms with E-state index in [1.807, 2.05) is 7.05 Å². The normalized spacial score (nSPS) is 15.7. The van der Waals surface area contributed by atoms with Crippen LogP contribution in [0.1, 0.15) is 15.9 Å². The van der Waals surface area contributed by atoms with Gasteiger partial charge in [0.05, 0.1) is 33.7 Å². The van der Waals surface area contributed by atoms with Gasteiger partial charge in [0.25, 0.3) is 5.91 Å². The first-order valence-corrected chi connectivity index (χ1v) is 8.68. The van der Waals surface area contributed by atoms with Gasteiger partial charge in [-0.1, -0.05) is 11.6 Å². The molecule has 0 aliphatic carbocycles. The van der Waals surface area contributed by atoms with Crippen LogP contribution in [0.5, 0.6) is 0 Å². The van der Waals surface area contributed by atoms with E-state index >= 15 is 0 Å². The van der Waals surface area contributed by atoms with Gasteiger partial charge >= 0.3 is 6.18 Å². The number of pyridine rings is 1. The number of aromatic nitrogens is 1. The van der Waals surface area contributed by atoms with E-state index in [0.717, 1.165) is 50.1 Å². The highest BCUT2D eigenvalue weighted by atomic mass is 35.5. The topological polar surface area (TPSA) is 48.5 Å². The molecule has 1 aromatic carbocycles. The summed E-state index contributed by atoms with van der Waals surface area (Å²) in [6.45, 7) is 3.41. The average Bonchev–Trinajstić information content (AvgIpc) is 2.63. The Morgan fingerprint density at radius 3 is 2.52 bits per heavy atom.